The second-order valence-corrected chi connectivity index (χ2v) is 7.92. The van der Waals surface area contributed by atoms with Crippen LogP contribution in [0.1, 0.15) is 54.9 Å². The smallest absolute Gasteiger partial charge is 0.0662 e. The highest BCUT2D eigenvalue weighted by Crippen LogP contribution is 2.49. The number of nitrogens with two attached hydrogens (primary N) is 1. The number of hydrogen-bond donors (Lipinski definition) is 2. The molecule has 0 heterocycles. The van der Waals surface area contributed by atoms with Gasteiger partial charge in [0, 0.05) is 24.1 Å². The Kier molecular flexibility index (Phi) is 5.09. The van der Waals surface area contributed by atoms with Gasteiger partial charge in [-0.1, -0.05) is 41.5 Å². The zero-order valence-electron chi connectivity index (χ0n) is 14.0. The van der Waals surface area contributed by atoms with Crippen molar-refractivity contribution in [3.05, 3.63) is 0 Å². The third-order valence-corrected chi connectivity index (χ3v) is 5.38. The first-order chi connectivity index (χ1) is 8.54. The van der Waals surface area contributed by atoms with Gasteiger partial charge in [0.15, 0.2) is 0 Å². The molecule has 0 aromatic carbocycles. The molecule has 1 rings (SSSR count). The summed E-state index contributed by atoms with van der Waals surface area (Å²) < 4.78 is 5.76. The first kappa shape index (κ1) is 16.9. The molecule has 3 nitrogen and oxygen atoms in total. The van der Waals surface area contributed by atoms with Gasteiger partial charge in [0.1, 0.15) is 0 Å². The zero-order valence-corrected chi connectivity index (χ0v) is 14.0. The van der Waals surface area contributed by atoms with Gasteiger partial charge in [-0.2, -0.15) is 0 Å². The van der Waals surface area contributed by atoms with Crippen molar-refractivity contribution in [1.82, 2.24) is 5.32 Å². The van der Waals surface area contributed by atoms with E-state index in [9.17, 15) is 0 Å². The summed E-state index contributed by atoms with van der Waals surface area (Å²) in [5.74, 6) is 0.641. The van der Waals surface area contributed by atoms with Crippen LogP contribution in [0.25, 0.3) is 0 Å². The molecule has 1 saturated carbocycles. The molecule has 3 unspecified atom stereocenters. The number of ether oxygens (including phenoxy) is 1. The summed E-state index contributed by atoms with van der Waals surface area (Å²) in [6.07, 6.45) is 1.27. The average Bonchev–Trinajstić information content (AvgIpc) is 2.27. The summed E-state index contributed by atoms with van der Waals surface area (Å²) in [5, 5.41) is 3.57. The molecule has 1 fully saturated rings. The molecule has 0 radical (unpaired) electrons. The van der Waals surface area contributed by atoms with Gasteiger partial charge >= 0.3 is 0 Å². The molecule has 3 atom stereocenters. The van der Waals surface area contributed by atoms with Crippen molar-refractivity contribution < 1.29 is 4.74 Å². The van der Waals surface area contributed by atoms with Gasteiger partial charge < -0.3 is 15.8 Å². The standard InChI is InChI=1S/C16H34N2O/c1-8-19-13-9-16(17,15(13,6)7)11-18-10-12(2)14(3,4)5/h12-13,18H,8-11,17H2,1-7H3. The Morgan fingerprint density at radius 2 is 1.95 bits per heavy atom. The van der Waals surface area contributed by atoms with Gasteiger partial charge in [0.05, 0.1) is 6.10 Å². The fraction of sp³-hybridized carbons (Fsp3) is 1.00. The molecule has 3 N–H and O–H groups in total. The molecule has 19 heavy (non-hydrogen) atoms. The van der Waals surface area contributed by atoms with Crippen LogP contribution in [0.4, 0.5) is 0 Å². The van der Waals surface area contributed by atoms with E-state index >= 15 is 0 Å². The van der Waals surface area contributed by atoms with Crippen LogP contribution in [-0.2, 0) is 4.74 Å². The van der Waals surface area contributed by atoms with Gasteiger partial charge in [-0.05, 0) is 31.2 Å². The first-order valence-electron chi connectivity index (χ1n) is 7.66. The third kappa shape index (κ3) is 3.50. The highest BCUT2D eigenvalue weighted by atomic mass is 16.5. The Labute approximate surface area is 119 Å². The van der Waals surface area contributed by atoms with Crippen LogP contribution >= 0.6 is 0 Å². The van der Waals surface area contributed by atoms with Crippen LogP contribution in [0, 0.1) is 16.7 Å². The predicted molar refractivity (Wildman–Crippen MR) is 82.2 cm³/mol. The minimum atomic E-state index is -0.134. The van der Waals surface area contributed by atoms with Crippen molar-refractivity contribution in [2.45, 2.75) is 66.5 Å². The third-order valence-electron chi connectivity index (χ3n) is 5.38. The molecule has 0 saturated heterocycles. The van der Waals surface area contributed by atoms with E-state index in [0.29, 0.717) is 17.4 Å². The summed E-state index contributed by atoms with van der Waals surface area (Å²) in [5.41, 5.74) is 6.82. The van der Waals surface area contributed by atoms with E-state index in [4.69, 9.17) is 10.5 Å². The van der Waals surface area contributed by atoms with E-state index in [1.807, 2.05) is 0 Å². The Morgan fingerprint density at radius 3 is 2.37 bits per heavy atom. The van der Waals surface area contributed by atoms with Crippen molar-refractivity contribution in [1.29, 1.82) is 0 Å². The van der Waals surface area contributed by atoms with Crippen molar-refractivity contribution in [3.63, 3.8) is 0 Å². The van der Waals surface area contributed by atoms with Gasteiger partial charge in [0.2, 0.25) is 0 Å². The Bertz CT molecular complexity index is 296. The SMILES string of the molecule is CCOC1CC(N)(CNCC(C)C(C)(C)C)C1(C)C. The van der Waals surface area contributed by atoms with Crippen molar-refractivity contribution in [2.24, 2.45) is 22.5 Å². The van der Waals surface area contributed by atoms with Crippen LogP contribution in [0.5, 0.6) is 0 Å². The Morgan fingerprint density at radius 1 is 1.37 bits per heavy atom. The minimum absolute atomic E-state index is 0.0565. The van der Waals surface area contributed by atoms with E-state index in [1.54, 1.807) is 0 Å². The van der Waals surface area contributed by atoms with Crippen molar-refractivity contribution >= 4 is 0 Å². The average molecular weight is 270 g/mol. The molecule has 0 aromatic heterocycles. The van der Waals surface area contributed by atoms with Gasteiger partial charge in [-0.25, -0.2) is 0 Å². The molecule has 1 aliphatic carbocycles. The van der Waals surface area contributed by atoms with Gasteiger partial charge in [0.25, 0.3) is 0 Å². The number of nitrogens with one attached hydrogen (secondary N) is 1. The maximum Gasteiger partial charge on any atom is 0.0662 e. The number of hydrogen-bond acceptors (Lipinski definition) is 3. The molecular weight excluding hydrogens is 236 g/mol. The molecule has 0 spiro atoms. The lowest BCUT2D eigenvalue weighted by Crippen LogP contribution is -2.73. The lowest BCUT2D eigenvalue weighted by molar-refractivity contribution is -0.148. The highest BCUT2D eigenvalue weighted by molar-refractivity contribution is 5.14. The van der Waals surface area contributed by atoms with Gasteiger partial charge in [-0.15, -0.1) is 0 Å². The molecule has 114 valence electrons. The molecule has 0 bridgehead atoms. The van der Waals surface area contributed by atoms with E-state index in [2.05, 4.69) is 53.8 Å². The van der Waals surface area contributed by atoms with Crippen LogP contribution in [-0.4, -0.2) is 31.3 Å². The van der Waals surface area contributed by atoms with Crippen LogP contribution in [0.2, 0.25) is 0 Å². The minimum Gasteiger partial charge on any atom is -0.378 e. The van der Waals surface area contributed by atoms with Crippen LogP contribution < -0.4 is 11.1 Å². The Balaban J connectivity index is 2.42. The monoisotopic (exact) mass is 270 g/mol. The lowest BCUT2D eigenvalue weighted by atomic mass is 9.54. The Hall–Kier alpha value is -0.120. The van der Waals surface area contributed by atoms with Crippen LogP contribution in [0.3, 0.4) is 0 Å². The summed E-state index contributed by atoms with van der Waals surface area (Å²) >= 11 is 0. The van der Waals surface area contributed by atoms with Gasteiger partial charge in [-0.3, -0.25) is 0 Å². The molecule has 0 aromatic rings. The van der Waals surface area contributed by atoms with Crippen molar-refractivity contribution in [2.75, 3.05) is 19.7 Å². The highest BCUT2D eigenvalue weighted by Gasteiger charge is 2.58. The first-order valence-corrected chi connectivity index (χ1v) is 7.66. The van der Waals surface area contributed by atoms with E-state index in [0.717, 1.165) is 26.1 Å². The maximum atomic E-state index is 6.55. The van der Waals surface area contributed by atoms with E-state index in [-0.39, 0.29) is 11.0 Å². The molecule has 3 heteroatoms. The fourth-order valence-corrected chi connectivity index (χ4v) is 2.62. The molecule has 0 amide bonds. The topological polar surface area (TPSA) is 47.3 Å². The molecule has 0 aliphatic heterocycles. The lowest BCUT2D eigenvalue weighted by Gasteiger charge is -2.59. The second kappa shape index (κ2) is 5.71. The predicted octanol–water partition coefficient (Wildman–Crippen LogP) is 2.79. The summed E-state index contributed by atoms with van der Waals surface area (Å²) in [6, 6.07) is 0. The maximum absolute atomic E-state index is 6.55. The van der Waals surface area contributed by atoms with E-state index < -0.39 is 0 Å². The second-order valence-electron chi connectivity index (χ2n) is 7.92. The summed E-state index contributed by atoms with van der Waals surface area (Å²) in [4.78, 5) is 0. The zero-order chi connectivity index (χ0) is 14.9. The molecule has 1 aliphatic rings. The molecular formula is C16H34N2O. The largest absolute Gasteiger partial charge is 0.378 e. The fourth-order valence-electron chi connectivity index (χ4n) is 2.62. The quantitative estimate of drug-likeness (QED) is 0.780. The van der Waals surface area contributed by atoms with Crippen molar-refractivity contribution in [3.8, 4) is 0 Å². The normalized spacial score (nSPS) is 31.9. The van der Waals surface area contributed by atoms with Crippen LogP contribution in [0.15, 0.2) is 0 Å². The number of rotatable bonds is 6. The summed E-state index contributed by atoms with van der Waals surface area (Å²) in [6.45, 7) is 18.3. The summed E-state index contributed by atoms with van der Waals surface area (Å²) in [7, 11) is 0. The van der Waals surface area contributed by atoms with E-state index in [1.165, 1.54) is 0 Å².